The van der Waals surface area contributed by atoms with Crippen LogP contribution in [-0.4, -0.2) is 34.5 Å². The van der Waals surface area contributed by atoms with Crippen LogP contribution in [0.25, 0.3) is 0 Å². The monoisotopic (exact) mass is 255 g/mol. The molecule has 0 radical (unpaired) electrons. The van der Waals surface area contributed by atoms with E-state index in [0.717, 1.165) is 32.2 Å². The van der Waals surface area contributed by atoms with E-state index >= 15 is 0 Å². The number of hydrogen-bond acceptors (Lipinski definition) is 2. The van der Waals surface area contributed by atoms with Gasteiger partial charge in [0.2, 0.25) is 5.91 Å². The van der Waals surface area contributed by atoms with Crippen molar-refractivity contribution in [1.29, 1.82) is 0 Å². The highest BCUT2D eigenvalue weighted by Crippen LogP contribution is 2.25. The second kappa shape index (κ2) is 6.76. The zero-order valence-electron chi connectivity index (χ0n) is 11.7. The number of rotatable bonds is 5. The standard InChI is InChI=1S/C14H25NO3/c1-4-7-12-8-5-6-9-15(12)13(16)10(2)11(3)14(17)18/h10-12H,4-9H2,1-3H3,(H,17,18). The van der Waals surface area contributed by atoms with Crippen LogP contribution < -0.4 is 0 Å². The lowest BCUT2D eigenvalue weighted by molar-refractivity contribution is -0.150. The smallest absolute Gasteiger partial charge is 0.307 e. The lowest BCUT2D eigenvalue weighted by Crippen LogP contribution is -2.47. The molecule has 0 aromatic rings. The molecule has 1 aliphatic rings. The Morgan fingerprint density at radius 3 is 2.50 bits per heavy atom. The summed E-state index contributed by atoms with van der Waals surface area (Å²) >= 11 is 0. The number of nitrogens with zero attached hydrogens (tertiary/aromatic N) is 1. The molecule has 1 rings (SSSR count). The van der Waals surface area contributed by atoms with E-state index in [0.29, 0.717) is 6.04 Å². The highest BCUT2D eigenvalue weighted by molar-refractivity contribution is 5.84. The minimum Gasteiger partial charge on any atom is -0.481 e. The summed E-state index contributed by atoms with van der Waals surface area (Å²) in [4.78, 5) is 25.3. The van der Waals surface area contributed by atoms with Crippen molar-refractivity contribution in [2.45, 2.75) is 58.9 Å². The van der Waals surface area contributed by atoms with E-state index in [1.54, 1.807) is 13.8 Å². The van der Waals surface area contributed by atoms with Crippen LogP contribution in [-0.2, 0) is 9.59 Å². The Bertz CT molecular complexity index is 301. The quantitative estimate of drug-likeness (QED) is 0.821. The summed E-state index contributed by atoms with van der Waals surface area (Å²) < 4.78 is 0. The van der Waals surface area contributed by atoms with Gasteiger partial charge in [0.15, 0.2) is 0 Å². The molecule has 104 valence electrons. The summed E-state index contributed by atoms with van der Waals surface area (Å²) in [6, 6.07) is 0.319. The fourth-order valence-electron chi connectivity index (χ4n) is 2.61. The normalized spacial score (nSPS) is 23.5. The van der Waals surface area contributed by atoms with Crippen LogP contribution in [0.15, 0.2) is 0 Å². The molecule has 1 amide bonds. The SMILES string of the molecule is CCCC1CCCCN1C(=O)C(C)C(C)C(=O)O. The van der Waals surface area contributed by atoms with Crippen molar-refractivity contribution < 1.29 is 14.7 Å². The molecule has 1 heterocycles. The molecular formula is C14H25NO3. The van der Waals surface area contributed by atoms with Gasteiger partial charge in [0.25, 0.3) is 0 Å². The molecule has 0 saturated carbocycles. The average Bonchev–Trinajstić information content (AvgIpc) is 2.37. The van der Waals surface area contributed by atoms with Crippen LogP contribution in [0.3, 0.4) is 0 Å². The number of carboxylic acids is 1. The number of likely N-dealkylation sites (tertiary alicyclic amines) is 1. The number of amides is 1. The number of carboxylic acid groups (broad SMARTS) is 1. The number of carbonyl (C=O) groups excluding carboxylic acids is 1. The van der Waals surface area contributed by atoms with Gasteiger partial charge in [0, 0.05) is 18.5 Å². The highest BCUT2D eigenvalue weighted by Gasteiger charge is 2.33. The topological polar surface area (TPSA) is 57.6 Å². The Balaban J connectivity index is 2.70. The molecule has 0 aliphatic carbocycles. The van der Waals surface area contributed by atoms with Crippen molar-refractivity contribution in [2.75, 3.05) is 6.54 Å². The van der Waals surface area contributed by atoms with Gasteiger partial charge in [-0.3, -0.25) is 9.59 Å². The lowest BCUT2D eigenvalue weighted by Gasteiger charge is -2.38. The van der Waals surface area contributed by atoms with Gasteiger partial charge in [0.05, 0.1) is 5.92 Å². The maximum Gasteiger partial charge on any atom is 0.307 e. The number of hydrogen-bond donors (Lipinski definition) is 1. The van der Waals surface area contributed by atoms with Crippen LogP contribution in [0, 0.1) is 11.8 Å². The lowest BCUT2D eigenvalue weighted by atomic mass is 9.91. The van der Waals surface area contributed by atoms with Crippen LogP contribution in [0.1, 0.15) is 52.9 Å². The number of aliphatic carboxylic acids is 1. The van der Waals surface area contributed by atoms with Crippen molar-refractivity contribution in [1.82, 2.24) is 4.90 Å². The van der Waals surface area contributed by atoms with E-state index in [9.17, 15) is 9.59 Å². The predicted octanol–water partition coefficient (Wildman–Crippen LogP) is 2.52. The first-order valence-electron chi connectivity index (χ1n) is 7.02. The second-order valence-corrected chi connectivity index (χ2v) is 5.39. The Morgan fingerprint density at radius 2 is 1.94 bits per heavy atom. The molecule has 0 bridgehead atoms. The highest BCUT2D eigenvalue weighted by atomic mass is 16.4. The summed E-state index contributed by atoms with van der Waals surface area (Å²) in [5.74, 6) is -1.91. The molecule has 1 saturated heterocycles. The van der Waals surface area contributed by atoms with E-state index in [1.807, 2.05) is 4.90 Å². The van der Waals surface area contributed by atoms with Crippen molar-refractivity contribution in [2.24, 2.45) is 11.8 Å². The fourth-order valence-corrected chi connectivity index (χ4v) is 2.61. The van der Waals surface area contributed by atoms with Crippen molar-refractivity contribution in [3.05, 3.63) is 0 Å². The molecule has 3 unspecified atom stereocenters. The Morgan fingerprint density at radius 1 is 1.28 bits per heavy atom. The second-order valence-electron chi connectivity index (χ2n) is 5.39. The summed E-state index contributed by atoms with van der Waals surface area (Å²) in [6.07, 6.45) is 5.38. The first kappa shape index (κ1) is 15.0. The van der Waals surface area contributed by atoms with Crippen LogP contribution in [0.5, 0.6) is 0 Å². The predicted molar refractivity (Wildman–Crippen MR) is 70.2 cm³/mol. The Labute approximate surface area is 109 Å². The molecule has 1 N–H and O–H groups in total. The summed E-state index contributed by atoms with van der Waals surface area (Å²) in [7, 11) is 0. The molecular weight excluding hydrogens is 230 g/mol. The van der Waals surface area contributed by atoms with Gasteiger partial charge in [-0.25, -0.2) is 0 Å². The zero-order chi connectivity index (χ0) is 13.7. The molecule has 0 aromatic carbocycles. The summed E-state index contributed by atoms with van der Waals surface area (Å²) in [6.45, 7) is 6.27. The van der Waals surface area contributed by atoms with Gasteiger partial charge in [-0.05, 0) is 25.7 Å². The van der Waals surface area contributed by atoms with Gasteiger partial charge >= 0.3 is 5.97 Å². The molecule has 1 fully saturated rings. The number of piperidine rings is 1. The van der Waals surface area contributed by atoms with E-state index in [-0.39, 0.29) is 5.91 Å². The molecule has 0 spiro atoms. The third-order valence-electron chi connectivity index (χ3n) is 4.06. The summed E-state index contributed by atoms with van der Waals surface area (Å²) in [5.41, 5.74) is 0. The van der Waals surface area contributed by atoms with Crippen LogP contribution in [0.2, 0.25) is 0 Å². The maximum atomic E-state index is 12.4. The molecule has 3 atom stereocenters. The van der Waals surface area contributed by atoms with Gasteiger partial charge < -0.3 is 10.0 Å². The third kappa shape index (κ3) is 3.47. The summed E-state index contributed by atoms with van der Waals surface area (Å²) in [5, 5.41) is 9.00. The van der Waals surface area contributed by atoms with Gasteiger partial charge in [-0.15, -0.1) is 0 Å². The first-order valence-corrected chi connectivity index (χ1v) is 7.02. The Hall–Kier alpha value is -1.06. The number of carbonyl (C=O) groups is 2. The van der Waals surface area contributed by atoms with Crippen LogP contribution in [0.4, 0.5) is 0 Å². The zero-order valence-corrected chi connectivity index (χ0v) is 11.7. The van der Waals surface area contributed by atoms with Gasteiger partial charge in [-0.1, -0.05) is 27.2 Å². The first-order chi connectivity index (χ1) is 8.49. The van der Waals surface area contributed by atoms with E-state index in [1.165, 1.54) is 6.42 Å². The van der Waals surface area contributed by atoms with Gasteiger partial charge in [0.1, 0.15) is 0 Å². The minimum atomic E-state index is -0.889. The minimum absolute atomic E-state index is 0.0167. The van der Waals surface area contributed by atoms with Crippen molar-refractivity contribution in [3.63, 3.8) is 0 Å². The third-order valence-corrected chi connectivity index (χ3v) is 4.06. The van der Waals surface area contributed by atoms with Crippen molar-refractivity contribution >= 4 is 11.9 Å². The fraction of sp³-hybridized carbons (Fsp3) is 0.857. The molecule has 4 nitrogen and oxygen atoms in total. The molecule has 1 aliphatic heterocycles. The average molecular weight is 255 g/mol. The van der Waals surface area contributed by atoms with Gasteiger partial charge in [-0.2, -0.15) is 0 Å². The maximum absolute atomic E-state index is 12.4. The molecule has 18 heavy (non-hydrogen) atoms. The van der Waals surface area contributed by atoms with E-state index < -0.39 is 17.8 Å². The molecule has 4 heteroatoms. The Kier molecular flexibility index (Phi) is 5.63. The molecule has 0 aromatic heterocycles. The largest absolute Gasteiger partial charge is 0.481 e. The van der Waals surface area contributed by atoms with Crippen molar-refractivity contribution in [3.8, 4) is 0 Å². The van der Waals surface area contributed by atoms with E-state index in [2.05, 4.69) is 6.92 Å². The van der Waals surface area contributed by atoms with E-state index in [4.69, 9.17) is 5.11 Å². The van der Waals surface area contributed by atoms with Crippen LogP contribution >= 0.6 is 0 Å².